The molecule has 3 heteroatoms. The fraction of sp³-hybridized carbons (Fsp3) is 0.500. The van der Waals surface area contributed by atoms with Crippen molar-refractivity contribution in [2.24, 2.45) is 13.0 Å². The highest BCUT2D eigenvalue weighted by Crippen LogP contribution is 2.34. The summed E-state index contributed by atoms with van der Waals surface area (Å²) in [7, 11) is 4.18. The number of aromatic nitrogens is 2. The highest BCUT2D eigenvalue weighted by atomic mass is 15.1. The van der Waals surface area contributed by atoms with Crippen LogP contribution in [0.5, 0.6) is 0 Å². The average Bonchev–Trinajstić information content (AvgIpc) is 3.14. The fourth-order valence-electron chi connectivity index (χ4n) is 2.58. The number of nitrogens with one attached hydrogen (secondary N) is 1. The Morgan fingerprint density at radius 1 is 1.41 bits per heavy atom. The lowest BCUT2D eigenvalue weighted by molar-refractivity contribution is 0.485. The monoisotopic (exact) mass is 229 g/mol. The van der Waals surface area contributed by atoms with Gasteiger partial charge in [-0.15, -0.1) is 0 Å². The molecule has 3 nitrogen and oxygen atoms in total. The van der Waals surface area contributed by atoms with E-state index in [-0.39, 0.29) is 0 Å². The minimum atomic E-state index is 0.588. The molecular formula is C14H19N3. The molecule has 1 aliphatic carbocycles. The number of fused-ring (bicyclic) bond motifs is 1. The summed E-state index contributed by atoms with van der Waals surface area (Å²) >= 11 is 0. The van der Waals surface area contributed by atoms with Gasteiger partial charge in [-0.3, -0.25) is 0 Å². The average molecular weight is 229 g/mol. The van der Waals surface area contributed by atoms with Crippen LogP contribution < -0.4 is 5.32 Å². The minimum Gasteiger partial charge on any atom is -0.331 e. The number of imidazole rings is 1. The second-order valence-electron chi connectivity index (χ2n) is 5.01. The molecule has 0 saturated heterocycles. The van der Waals surface area contributed by atoms with Crippen LogP contribution in [0.15, 0.2) is 24.3 Å². The number of benzene rings is 1. The third-order valence-corrected chi connectivity index (χ3v) is 3.84. The van der Waals surface area contributed by atoms with Crippen molar-refractivity contribution >= 4 is 11.0 Å². The SMILES string of the molecule is CNC(Cc1nc2ccccc2n1C)C1CC1. The molecule has 0 spiro atoms. The molecule has 1 unspecified atom stereocenters. The molecule has 1 aliphatic rings. The van der Waals surface area contributed by atoms with Gasteiger partial charge in [0.15, 0.2) is 0 Å². The first-order valence-electron chi connectivity index (χ1n) is 6.37. The zero-order valence-corrected chi connectivity index (χ0v) is 10.5. The van der Waals surface area contributed by atoms with Gasteiger partial charge in [0.2, 0.25) is 0 Å². The topological polar surface area (TPSA) is 29.9 Å². The number of nitrogens with zero attached hydrogens (tertiary/aromatic N) is 2. The predicted molar refractivity (Wildman–Crippen MR) is 70.0 cm³/mol. The van der Waals surface area contributed by atoms with Crippen LogP contribution in [0.1, 0.15) is 18.7 Å². The number of likely N-dealkylation sites (N-methyl/N-ethyl adjacent to an activating group) is 1. The number of hydrogen-bond acceptors (Lipinski definition) is 2. The van der Waals surface area contributed by atoms with E-state index in [2.05, 4.69) is 48.2 Å². The van der Waals surface area contributed by atoms with Crippen LogP contribution in [0.4, 0.5) is 0 Å². The fourth-order valence-corrected chi connectivity index (χ4v) is 2.58. The lowest BCUT2D eigenvalue weighted by Crippen LogP contribution is -2.30. The van der Waals surface area contributed by atoms with E-state index >= 15 is 0 Å². The zero-order chi connectivity index (χ0) is 11.8. The molecule has 17 heavy (non-hydrogen) atoms. The van der Waals surface area contributed by atoms with Gasteiger partial charge >= 0.3 is 0 Å². The molecule has 1 saturated carbocycles. The Hall–Kier alpha value is -1.35. The third-order valence-electron chi connectivity index (χ3n) is 3.84. The van der Waals surface area contributed by atoms with Crippen LogP contribution in [-0.2, 0) is 13.5 Å². The van der Waals surface area contributed by atoms with Crippen molar-refractivity contribution in [3.63, 3.8) is 0 Å². The number of para-hydroxylation sites is 2. The highest BCUT2D eigenvalue weighted by molar-refractivity contribution is 5.75. The van der Waals surface area contributed by atoms with E-state index in [1.54, 1.807) is 0 Å². The van der Waals surface area contributed by atoms with Crippen molar-refractivity contribution in [1.29, 1.82) is 0 Å². The van der Waals surface area contributed by atoms with Crippen LogP contribution in [0.25, 0.3) is 11.0 Å². The molecule has 1 atom stereocenters. The predicted octanol–water partition coefficient (Wildman–Crippen LogP) is 2.11. The Bertz CT molecular complexity index is 525. The maximum absolute atomic E-state index is 4.73. The molecule has 0 amide bonds. The van der Waals surface area contributed by atoms with Crippen LogP contribution in [-0.4, -0.2) is 22.6 Å². The molecule has 0 radical (unpaired) electrons. The first-order valence-corrected chi connectivity index (χ1v) is 6.37. The molecule has 1 N–H and O–H groups in total. The van der Waals surface area contributed by atoms with E-state index in [0.717, 1.165) is 17.9 Å². The van der Waals surface area contributed by atoms with Crippen molar-refractivity contribution in [1.82, 2.24) is 14.9 Å². The number of hydrogen-bond donors (Lipinski definition) is 1. The lowest BCUT2D eigenvalue weighted by atomic mass is 10.1. The van der Waals surface area contributed by atoms with Crippen LogP contribution in [0, 0.1) is 5.92 Å². The summed E-state index contributed by atoms with van der Waals surface area (Å²) in [6.45, 7) is 0. The van der Waals surface area contributed by atoms with Gasteiger partial charge in [-0.1, -0.05) is 12.1 Å². The number of rotatable bonds is 4. The molecule has 3 rings (SSSR count). The second-order valence-corrected chi connectivity index (χ2v) is 5.01. The van der Waals surface area contributed by atoms with Gasteiger partial charge in [-0.25, -0.2) is 4.98 Å². The second kappa shape index (κ2) is 4.15. The molecular weight excluding hydrogens is 210 g/mol. The summed E-state index contributed by atoms with van der Waals surface area (Å²) < 4.78 is 2.22. The van der Waals surface area contributed by atoms with E-state index in [4.69, 9.17) is 4.98 Å². The van der Waals surface area contributed by atoms with Gasteiger partial charge in [-0.05, 0) is 37.9 Å². The summed E-state index contributed by atoms with van der Waals surface area (Å²) in [4.78, 5) is 4.73. The van der Waals surface area contributed by atoms with Crippen molar-refractivity contribution < 1.29 is 0 Å². The Balaban J connectivity index is 1.91. The van der Waals surface area contributed by atoms with Gasteiger partial charge < -0.3 is 9.88 Å². The maximum Gasteiger partial charge on any atom is 0.111 e. The van der Waals surface area contributed by atoms with Gasteiger partial charge in [0.25, 0.3) is 0 Å². The normalized spacial score (nSPS) is 17.5. The number of aryl methyl sites for hydroxylation is 1. The maximum atomic E-state index is 4.73. The molecule has 1 fully saturated rings. The Morgan fingerprint density at radius 3 is 2.82 bits per heavy atom. The van der Waals surface area contributed by atoms with E-state index < -0.39 is 0 Å². The van der Waals surface area contributed by atoms with Crippen molar-refractivity contribution in [3.05, 3.63) is 30.1 Å². The summed E-state index contributed by atoms with van der Waals surface area (Å²) in [5.74, 6) is 2.05. The largest absolute Gasteiger partial charge is 0.331 e. The van der Waals surface area contributed by atoms with Crippen molar-refractivity contribution in [2.45, 2.75) is 25.3 Å². The Kier molecular flexibility index (Phi) is 2.63. The van der Waals surface area contributed by atoms with Gasteiger partial charge in [0.1, 0.15) is 5.82 Å². The molecule has 1 aromatic heterocycles. The van der Waals surface area contributed by atoms with E-state index in [9.17, 15) is 0 Å². The summed E-state index contributed by atoms with van der Waals surface area (Å²) in [5.41, 5.74) is 2.34. The van der Waals surface area contributed by atoms with Gasteiger partial charge in [0, 0.05) is 19.5 Å². The van der Waals surface area contributed by atoms with E-state index in [0.29, 0.717) is 6.04 Å². The first-order chi connectivity index (χ1) is 8.29. The third kappa shape index (κ3) is 1.95. The molecule has 90 valence electrons. The first kappa shape index (κ1) is 10.8. The quantitative estimate of drug-likeness (QED) is 0.870. The Labute approximate surface area is 102 Å². The van der Waals surface area contributed by atoms with Crippen molar-refractivity contribution in [3.8, 4) is 0 Å². The Morgan fingerprint density at radius 2 is 2.18 bits per heavy atom. The summed E-state index contributed by atoms with van der Waals surface area (Å²) in [6, 6.07) is 8.94. The van der Waals surface area contributed by atoms with E-state index in [1.807, 2.05) is 0 Å². The molecule has 0 bridgehead atoms. The molecule has 1 heterocycles. The standard InChI is InChI=1S/C14H19N3/c1-15-12(10-7-8-10)9-14-16-11-5-3-4-6-13(11)17(14)2/h3-6,10,12,15H,7-9H2,1-2H3. The molecule has 2 aromatic rings. The summed E-state index contributed by atoms with van der Waals surface area (Å²) in [5, 5.41) is 3.43. The van der Waals surface area contributed by atoms with Crippen LogP contribution in [0.3, 0.4) is 0 Å². The van der Waals surface area contributed by atoms with Crippen LogP contribution in [0.2, 0.25) is 0 Å². The van der Waals surface area contributed by atoms with Crippen molar-refractivity contribution in [2.75, 3.05) is 7.05 Å². The lowest BCUT2D eigenvalue weighted by Gasteiger charge is -2.14. The van der Waals surface area contributed by atoms with Gasteiger partial charge in [0.05, 0.1) is 11.0 Å². The summed E-state index contributed by atoms with van der Waals surface area (Å²) in [6.07, 6.45) is 3.78. The van der Waals surface area contributed by atoms with Crippen LogP contribution >= 0.6 is 0 Å². The smallest absolute Gasteiger partial charge is 0.111 e. The molecule has 1 aromatic carbocycles. The highest BCUT2D eigenvalue weighted by Gasteiger charge is 2.31. The van der Waals surface area contributed by atoms with E-state index in [1.165, 1.54) is 24.2 Å². The van der Waals surface area contributed by atoms with Gasteiger partial charge in [-0.2, -0.15) is 0 Å². The zero-order valence-electron chi connectivity index (χ0n) is 10.5. The molecule has 0 aliphatic heterocycles. The minimum absolute atomic E-state index is 0.588.